The first-order valence-electron chi connectivity index (χ1n) is 0.707. The molecule has 0 radical (unpaired) electrons. The topological polar surface area (TPSA) is 0 Å². The molecule has 0 aromatic heterocycles. The molecule has 0 unspecified atom stereocenters. The monoisotopic (exact) mass is 67.0 g/mol. The maximum atomic E-state index is 3.40. The minimum absolute atomic E-state index is 0. The van der Waals surface area contributed by atoms with Crippen LogP contribution in [0.15, 0.2) is 0 Å². The van der Waals surface area contributed by atoms with Crippen LogP contribution in [-0.4, -0.2) is 0 Å². The van der Waals surface area contributed by atoms with E-state index >= 15 is 0 Å². The predicted molar refractivity (Wildman–Crippen MR) is 19.0 cm³/mol. The summed E-state index contributed by atoms with van der Waals surface area (Å²) in [5.74, 6) is 0. The molecule has 0 aromatic rings. The minimum Gasteiger partial charge on any atom is -0.454 e. The van der Waals surface area contributed by atoms with Crippen molar-refractivity contribution in [1.29, 1.82) is 0 Å². The Bertz CT molecular complexity index is 6.00. The van der Waals surface area contributed by atoms with Gasteiger partial charge in [-0.15, -0.1) is 0 Å². The molecule has 0 fully saturated rings. The first-order valence-corrected chi connectivity index (χ1v) is 2.12. The normalized spacial score (nSPS) is 4.50. The summed E-state index contributed by atoms with van der Waals surface area (Å²) in [7, 11) is 0.583. The fourth-order valence-electron chi connectivity index (χ4n) is 0. The van der Waals surface area contributed by atoms with Gasteiger partial charge in [-0.3, -0.25) is 0 Å². The Morgan fingerprint density at radius 1 is 1.25 bits per heavy atom. The van der Waals surface area contributed by atoms with Gasteiger partial charge in [-0.05, 0) is 0 Å². The van der Waals surface area contributed by atoms with Gasteiger partial charge in [0, 0.05) is 0 Å². The molecule has 0 spiro atoms. The van der Waals surface area contributed by atoms with Gasteiger partial charge in [0.25, 0.3) is 0 Å². The molecule has 20 valence electrons. The molecular weight excluding hydrogens is 61.9 g/mol. The average Bonchev–Trinajstić information content (AvgIpc) is 0.918. The predicted octanol–water partition coefficient (Wildman–Crippen LogP) is -1.75. The molecule has 0 atom stereocenters. The van der Waals surface area contributed by atoms with Crippen molar-refractivity contribution in [3.05, 3.63) is 13.3 Å². The second kappa shape index (κ2) is 8.98. The molecule has 0 N–H and O–H groups in total. The molecule has 0 aliphatic heterocycles. The molecule has 0 nitrogen and oxygen atoms in total. The van der Waals surface area contributed by atoms with Crippen LogP contribution < -0.4 is 18.9 Å². The molecule has 0 saturated carbocycles. The number of hydrogen-bond donors (Lipinski definition) is 0. The van der Waals surface area contributed by atoms with E-state index in [1.54, 1.807) is 0 Å². The third-order valence-electron chi connectivity index (χ3n) is 0. The summed E-state index contributed by atoms with van der Waals surface area (Å²) in [6, 6.07) is 0. The van der Waals surface area contributed by atoms with Crippen LogP contribution in [-0.2, 0) is 0 Å². The van der Waals surface area contributed by atoms with Crippen molar-refractivity contribution in [3.63, 3.8) is 0 Å². The van der Waals surface area contributed by atoms with Gasteiger partial charge in [-0.2, -0.15) is 0 Å². The van der Waals surface area contributed by atoms with Crippen LogP contribution in [0.5, 0.6) is 0 Å². The molecule has 0 amide bonds. The van der Waals surface area contributed by atoms with Crippen LogP contribution in [0.2, 0.25) is 0 Å². The molecule has 2 heteroatoms. The maximum absolute atomic E-state index is 3.40. The van der Waals surface area contributed by atoms with Gasteiger partial charge < -0.3 is 21.9 Å². The van der Waals surface area contributed by atoms with Crippen molar-refractivity contribution in [1.82, 2.24) is 0 Å². The van der Waals surface area contributed by atoms with Gasteiger partial charge in [0.05, 0.1) is 0 Å². The molecule has 0 aliphatic rings. The molecule has 0 aliphatic carbocycles. The van der Waals surface area contributed by atoms with Crippen molar-refractivity contribution in [3.8, 4) is 0 Å². The summed E-state index contributed by atoms with van der Waals surface area (Å²) in [6.07, 6.45) is 0. The van der Waals surface area contributed by atoms with E-state index in [1.807, 2.05) is 0 Å². The molecule has 0 bridgehead atoms. The minimum atomic E-state index is 0. The third kappa shape index (κ3) is 11.8. The Kier molecular flexibility index (Phi) is 20.0. The summed E-state index contributed by atoms with van der Waals surface area (Å²) in [6.45, 7) is 6.81. The Morgan fingerprint density at radius 2 is 1.25 bits per heavy atom. The van der Waals surface area contributed by atoms with Crippen molar-refractivity contribution >= 4 is 8.58 Å². The van der Waals surface area contributed by atoms with E-state index in [4.69, 9.17) is 0 Å². The third-order valence-corrected chi connectivity index (χ3v) is 0. The van der Waals surface area contributed by atoms with Crippen molar-refractivity contribution in [2.75, 3.05) is 0 Å². The van der Waals surface area contributed by atoms with Crippen LogP contribution in [0.4, 0.5) is 0 Å². The van der Waals surface area contributed by atoms with E-state index in [0.717, 1.165) is 0 Å². The fourth-order valence-corrected chi connectivity index (χ4v) is 0. The number of rotatable bonds is 0. The van der Waals surface area contributed by atoms with Crippen molar-refractivity contribution in [2.45, 2.75) is 0 Å². The molecule has 0 rings (SSSR count). The zero-order valence-corrected chi connectivity index (χ0v) is 3.91. The van der Waals surface area contributed by atoms with E-state index in [0.29, 0.717) is 8.58 Å². The summed E-state index contributed by atoms with van der Waals surface area (Å²) in [5.41, 5.74) is 0. The van der Waals surface area contributed by atoms with E-state index in [1.165, 1.54) is 0 Å². The zero-order chi connectivity index (χ0) is 2.71. The van der Waals surface area contributed by atoms with Gasteiger partial charge in [-0.25, -0.2) is 0 Å². The molecule has 0 heterocycles. The van der Waals surface area contributed by atoms with Gasteiger partial charge >= 0.3 is 18.9 Å². The van der Waals surface area contributed by atoms with E-state index in [9.17, 15) is 0 Å². The quantitative estimate of drug-likeness (QED) is 0.179. The van der Waals surface area contributed by atoms with Crippen LogP contribution >= 0.6 is 8.58 Å². The smallest absolute Gasteiger partial charge is 0.454 e. The van der Waals surface area contributed by atoms with Crippen LogP contribution in [0, 0.1) is 13.3 Å². The van der Waals surface area contributed by atoms with E-state index in [2.05, 4.69) is 13.3 Å². The largest absolute Gasteiger partial charge is 1.00 e. The molecule has 4 heavy (non-hydrogen) atoms. The second-order valence-corrected chi connectivity index (χ2v) is 0.750. The number of hydrogen-bond acceptors (Lipinski definition) is 0. The van der Waals surface area contributed by atoms with Crippen LogP contribution in [0.1, 0.15) is 0 Å². The second-order valence-electron chi connectivity index (χ2n) is 0.250. The molecule has 0 aromatic carbocycles. The van der Waals surface area contributed by atoms with Crippen molar-refractivity contribution < 1.29 is 18.9 Å². The first kappa shape index (κ1) is 8.90. The van der Waals surface area contributed by atoms with Gasteiger partial charge in [0.1, 0.15) is 0 Å². The van der Waals surface area contributed by atoms with Crippen molar-refractivity contribution in [2.24, 2.45) is 0 Å². The average molecular weight is 67.0 g/mol. The van der Waals surface area contributed by atoms with Gasteiger partial charge in [0.2, 0.25) is 0 Å². The summed E-state index contributed by atoms with van der Waals surface area (Å²) in [4.78, 5) is 0. The maximum Gasteiger partial charge on any atom is 1.00 e. The Balaban J connectivity index is 0. The first-order chi connectivity index (χ1) is 1.41. The summed E-state index contributed by atoms with van der Waals surface area (Å²) < 4.78 is 0. The zero-order valence-electron chi connectivity index (χ0n) is 2.91. The SMILES string of the molecule is [CH2-]P[CH2-].[Li+]. The molecular formula is C2H5LiP-. The van der Waals surface area contributed by atoms with Gasteiger partial charge in [0.15, 0.2) is 0 Å². The Hall–Kier alpha value is 1.03. The standard InChI is InChI=1S/C2H5P.Li/c1-3-2;/h3H,1-2H2;/q-2;+1. The Morgan fingerprint density at radius 3 is 1.25 bits per heavy atom. The summed E-state index contributed by atoms with van der Waals surface area (Å²) >= 11 is 0. The summed E-state index contributed by atoms with van der Waals surface area (Å²) in [5, 5.41) is 0. The van der Waals surface area contributed by atoms with Gasteiger partial charge in [-0.1, -0.05) is 0 Å². The van der Waals surface area contributed by atoms with E-state index < -0.39 is 0 Å². The fraction of sp³-hybridized carbons (Fsp3) is 0. The van der Waals surface area contributed by atoms with Crippen LogP contribution in [0.3, 0.4) is 0 Å². The Labute approximate surface area is 41.3 Å². The van der Waals surface area contributed by atoms with E-state index in [-0.39, 0.29) is 18.9 Å². The molecule has 0 saturated heterocycles. The van der Waals surface area contributed by atoms with Crippen LogP contribution in [0.25, 0.3) is 0 Å².